The third-order valence-corrected chi connectivity index (χ3v) is 5.28. The summed E-state index contributed by atoms with van der Waals surface area (Å²) < 4.78 is 57.9. The first kappa shape index (κ1) is 22.2. The molecule has 3 rings (SSSR count). The average Bonchev–Trinajstić information content (AvgIpc) is 2.59. The predicted molar refractivity (Wildman–Crippen MR) is 102 cm³/mol. The lowest BCUT2D eigenvalue weighted by Crippen LogP contribution is -2.53. The standard InChI is InChI=1S/C21H30F3NO4/c1-20(2,3)29-17-10-25-7-6-12-13(14(25)9-15(17)26)8-16(27-5)19(18(12)22)28-11-21(4,23)24/h8,14-15,17,26H,6-7,9-11H2,1-5H3/t14-,15-,17-/m1/s1. The van der Waals surface area contributed by atoms with Crippen LogP contribution in [0.4, 0.5) is 13.2 Å². The molecule has 2 heterocycles. The molecule has 2 aliphatic heterocycles. The Bertz CT molecular complexity index is 745. The van der Waals surface area contributed by atoms with Crippen molar-refractivity contribution in [3.63, 3.8) is 0 Å². The Morgan fingerprint density at radius 3 is 2.52 bits per heavy atom. The lowest BCUT2D eigenvalue weighted by Gasteiger charge is -2.47. The van der Waals surface area contributed by atoms with Crippen LogP contribution >= 0.6 is 0 Å². The Hall–Kier alpha value is -1.51. The number of benzene rings is 1. The van der Waals surface area contributed by atoms with E-state index in [0.29, 0.717) is 44.0 Å². The molecule has 1 fully saturated rings. The van der Waals surface area contributed by atoms with Crippen molar-refractivity contribution in [1.29, 1.82) is 0 Å². The molecule has 0 spiro atoms. The van der Waals surface area contributed by atoms with Crippen LogP contribution in [0, 0.1) is 5.82 Å². The predicted octanol–water partition coefficient (Wildman–Crippen LogP) is 3.72. The summed E-state index contributed by atoms with van der Waals surface area (Å²) in [4.78, 5) is 2.17. The van der Waals surface area contributed by atoms with Crippen molar-refractivity contribution >= 4 is 0 Å². The number of aliphatic hydroxyl groups is 1. The van der Waals surface area contributed by atoms with Gasteiger partial charge in [0.1, 0.15) is 0 Å². The number of nitrogens with zero attached hydrogens (tertiary/aromatic N) is 1. The molecule has 0 aromatic heterocycles. The molecule has 0 saturated carbocycles. The molecule has 1 aromatic rings. The summed E-state index contributed by atoms with van der Waals surface area (Å²) in [5, 5.41) is 10.6. The monoisotopic (exact) mass is 417 g/mol. The van der Waals surface area contributed by atoms with Crippen molar-refractivity contribution in [2.75, 3.05) is 26.8 Å². The van der Waals surface area contributed by atoms with Crippen LogP contribution in [0.25, 0.3) is 0 Å². The van der Waals surface area contributed by atoms with Crippen LogP contribution in [0.15, 0.2) is 6.07 Å². The van der Waals surface area contributed by atoms with E-state index < -0.39 is 24.5 Å². The van der Waals surface area contributed by atoms with Crippen LogP contribution in [0.5, 0.6) is 11.5 Å². The van der Waals surface area contributed by atoms with Crippen molar-refractivity contribution in [3.8, 4) is 11.5 Å². The summed E-state index contributed by atoms with van der Waals surface area (Å²) in [5.41, 5.74) is 0.757. The fourth-order valence-corrected chi connectivity index (χ4v) is 4.11. The molecule has 0 radical (unpaired) electrons. The van der Waals surface area contributed by atoms with Crippen LogP contribution < -0.4 is 9.47 Å². The molecule has 1 saturated heterocycles. The number of rotatable bonds is 5. The molecule has 3 atom stereocenters. The highest BCUT2D eigenvalue weighted by molar-refractivity contribution is 5.51. The molecule has 0 unspecified atom stereocenters. The minimum Gasteiger partial charge on any atom is -0.493 e. The van der Waals surface area contributed by atoms with Crippen LogP contribution in [0.1, 0.15) is 51.3 Å². The van der Waals surface area contributed by atoms with Gasteiger partial charge in [-0.25, -0.2) is 13.2 Å². The molecule has 29 heavy (non-hydrogen) atoms. The van der Waals surface area contributed by atoms with Gasteiger partial charge in [-0.05, 0) is 50.8 Å². The van der Waals surface area contributed by atoms with E-state index in [1.165, 1.54) is 7.11 Å². The number of ether oxygens (including phenoxy) is 3. The number of alkyl halides is 2. The number of piperidine rings is 1. The SMILES string of the molecule is COc1cc2c(c(F)c1OCC(C)(F)F)CCN1C[C@@H](OC(C)(C)C)[C@H](O)C[C@H]21. The molecule has 0 bridgehead atoms. The fraction of sp³-hybridized carbons (Fsp3) is 0.714. The van der Waals surface area contributed by atoms with Gasteiger partial charge in [0, 0.05) is 26.1 Å². The summed E-state index contributed by atoms with van der Waals surface area (Å²) in [6, 6.07) is 1.45. The molecule has 164 valence electrons. The largest absolute Gasteiger partial charge is 0.493 e. The van der Waals surface area contributed by atoms with Gasteiger partial charge < -0.3 is 19.3 Å². The van der Waals surface area contributed by atoms with Gasteiger partial charge in [-0.3, -0.25) is 4.90 Å². The Morgan fingerprint density at radius 2 is 1.93 bits per heavy atom. The lowest BCUT2D eigenvalue weighted by atomic mass is 9.84. The van der Waals surface area contributed by atoms with Crippen molar-refractivity contribution in [3.05, 3.63) is 23.0 Å². The van der Waals surface area contributed by atoms with E-state index in [9.17, 15) is 13.9 Å². The molecule has 8 heteroatoms. The summed E-state index contributed by atoms with van der Waals surface area (Å²) in [6.07, 6.45) is -0.207. The van der Waals surface area contributed by atoms with Gasteiger partial charge in [0.2, 0.25) is 0 Å². The van der Waals surface area contributed by atoms with Crippen molar-refractivity contribution in [2.24, 2.45) is 0 Å². The van der Waals surface area contributed by atoms with E-state index in [4.69, 9.17) is 14.2 Å². The quantitative estimate of drug-likeness (QED) is 0.792. The molecule has 0 aliphatic carbocycles. The third kappa shape index (κ3) is 4.98. The zero-order valence-electron chi connectivity index (χ0n) is 17.6. The third-order valence-electron chi connectivity index (χ3n) is 5.28. The summed E-state index contributed by atoms with van der Waals surface area (Å²) in [6.45, 7) is 6.73. The Balaban J connectivity index is 1.89. The highest BCUT2D eigenvalue weighted by Gasteiger charge is 2.41. The van der Waals surface area contributed by atoms with E-state index >= 15 is 4.39 Å². The van der Waals surface area contributed by atoms with Gasteiger partial charge in [-0.2, -0.15) is 0 Å². The van der Waals surface area contributed by atoms with E-state index in [-0.39, 0.29) is 29.2 Å². The van der Waals surface area contributed by atoms with Crippen LogP contribution in [0.3, 0.4) is 0 Å². The molecular formula is C21H30F3NO4. The maximum absolute atomic E-state index is 15.2. The van der Waals surface area contributed by atoms with Gasteiger partial charge in [0.15, 0.2) is 23.9 Å². The maximum atomic E-state index is 15.2. The number of halogens is 3. The van der Waals surface area contributed by atoms with Crippen molar-refractivity contribution in [2.45, 2.75) is 70.3 Å². The van der Waals surface area contributed by atoms with Crippen molar-refractivity contribution in [1.82, 2.24) is 4.90 Å². The second-order valence-electron chi connectivity index (χ2n) is 8.98. The Kier molecular flexibility index (Phi) is 6.09. The van der Waals surface area contributed by atoms with E-state index in [1.807, 2.05) is 20.8 Å². The van der Waals surface area contributed by atoms with Gasteiger partial charge in [-0.15, -0.1) is 0 Å². The topological polar surface area (TPSA) is 51.2 Å². The maximum Gasteiger partial charge on any atom is 0.278 e. The Labute approximate surface area is 169 Å². The first-order valence-electron chi connectivity index (χ1n) is 9.89. The van der Waals surface area contributed by atoms with Gasteiger partial charge in [-0.1, -0.05) is 0 Å². The number of methoxy groups -OCH3 is 1. The van der Waals surface area contributed by atoms with Crippen molar-refractivity contribution < 1.29 is 32.5 Å². The average molecular weight is 417 g/mol. The minimum absolute atomic E-state index is 0.0786. The highest BCUT2D eigenvalue weighted by atomic mass is 19.3. The summed E-state index contributed by atoms with van der Waals surface area (Å²) in [5.74, 6) is -3.95. The van der Waals surface area contributed by atoms with Gasteiger partial charge >= 0.3 is 0 Å². The second kappa shape index (κ2) is 7.96. The van der Waals surface area contributed by atoms with E-state index in [1.54, 1.807) is 6.07 Å². The molecule has 1 N–H and O–H groups in total. The zero-order chi connectivity index (χ0) is 21.6. The second-order valence-corrected chi connectivity index (χ2v) is 8.98. The molecule has 1 aromatic carbocycles. The zero-order valence-corrected chi connectivity index (χ0v) is 17.6. The number of hydrogen-bond donors (Lipinski definition) is 1. The Morgan fingerprint density at radius 1 is 1.24 bits per heavy atom. The lowest BCUT2D eigenvalue weighted by molar-refractivity contribution is -0.149. The molecule has 2 aliphatic rings. The van der Waals surface area contributed by atoms with Crippen LogP contribution in [-0.4, -0.2) is 60.5 Å². The molecular weight excluding hydrogens is 387 g/mol. The first-order chi connectivity index (χ1) is 13.4. The summed E-state index contributed by atoms with van der Waals surface area (Å²) >= 11 is 0. The van der Waals surface area contributed by atoms with Crippen LogP contribution in [0.2, 0.25) is 0 Å². The minimum atomic E-state index is -3.08. The van der Waals surface area contributed by atoms with Gasteiger partial charge in [0.05, 0.1) is 24.9 Å². The van der Waals surface area contributed by atoms with Crippen LogP contribution in [-0.2, 0) is 11.2 Å². The first-order valence-corrected chi connectivity index (χ1v) is 9.89. The smallest absolute Gasteiger partial charge is 0.278 e. The number of hydrogen-bond acceptors (Lipinski definition) is 5. The van der Waals surface area contributed by atoms with Gasteiger partial charge in [0.25, 0.3) is 5.92 Å². The normalized spacial score (nSPS) is 25.3. The highest BCUT2D eigenvalue weighted by Crippen LogP contribution is 2.44. The van der Waals surface area contributed by atoms with E-state index in [0.717, 1.165) is 0 Å². The molecule has 5 nitrogen and oxygen atoms in total. The number of aliphatic hydroxyl groups excluding tert-OH is 1. The number of fused-ring (bicyclic) bond motifs is 3. The molecule has 0 amide bonds. The van der Waals surface area contributed by atoms with E-state index in [2.05, 4.69) is 4.90 Å². The fourth-order valence-electron chi connectivity index (χ4n) is 4.11. The summed E-state index contributed by atoms with van der Waals surface area (Å²) in [7, 11) is 1.35.